The molecule has 0 saturated heterocycles. The number of rotatable bonds is 15. The Balaban J connectivity index is 1.36. The van der Waals surface area contributed by atoms with Crippen LogP contribution in [0.5, 0.6) is 23.0 Å². The molecule has 3 rings (SSSR count). The van der Waals surface area contributed by atoms with Gasteiger partial charge in [0.05, 0.1) is 18.8 Å². The lowest BCUT2D eigenvalue weighted by Gasteiger charge is -2.10. The molecule has 3 aromatic rings. The van der Waals surface area contributed by atoms with Gasteiger partial charge < -0.3 is 29.4 Å². The smallest absolute Gasteiger partial charge is 0.223 e. The second kappa shape index (κ2) is 15.5. The van der Waals surface area contributed by atoms with E-state index in [1.807, 2.05) is 44.2 Å². The molecule has 0 amide bonds. The monoisotopic (exact) mass is 561 g/mol. The van der Waals surface area contributed by atoms with Gasteiger partial charge in [0, 0.05) is 37.2 Å². The minimum atomic E-state index is -0.404. The molecule has 0 fully saturated rings. The minimum absolute atomic E-state index is 0.0397. The molecule has 2 aromatic carbocycles. The second-order valence-corrected chi connectivity index (χ2v) is 10.2. The highest BCUT2D eigenvalue weighted by atomic mass is 16.5. The molecule has 0 spiro atoms. The summed E-state index contributed by atoms with van der Waals surface area (Å²) in [7, 11) is 1.76. The molecule has 1 heterocycles. The fourth-order valence-corrected chi connectivity index (χ4v) is 4.10. The first-order valence-electron chi connectivity index (χ1n) is 13.7. The highest BCUT2D eigenvalue weighted by Gasteiger charge is 2.15. The molecule has 1 aromatic heterocycles. The molecular weight excluding hydrogens is 522 g/mol. The third-order valence-corrected chi connectivity index (χ3v) is 6.57. The third kappa shape index (κ3) is 9.69. The van der Waals surface area contributed by atoms with Crippen molar-refractivity contribution in [1.29, 1.82) is 0 Å². The van der Waals surface area contributed by atoms with Crippen LogP contribution in [0.4, 0.5) is 0 Å². The Hall–Kier alpha value is -4.30. The first-order chi connectivity index (χ1) is 19.7. The van der Waals surface area contributed by atoms with Crippen molar-refractivity contribution in [2.75, 3.05) is 13.2 Å². The number of unbranched alkanes of at least 4 members (excludes halogenated alkanes) is 3. The maximum Gasteiger partial charge on any atom is 0.223 e. The lowest BCUT2D eigenvalue weighted by molar-refractivity contribution is 0.104. The molecule has 0 unspecified atom stereocenters. The number of aromatic hydroxyl groups is 3. The van der Waals surface area contributed by atoms with Crippen molar-refractivity contribution < 1.29 is 29.6 Å². The van der Waals surface area contributed by atoms with Gasteiger partial charge in [-0.05, 0) is 75.4 Å². The van der Waals surface area contributed by atoms with Crippen molar-refractivity contribution in [3.63, 3.8) is 0 Å². The number of ketones is 1. The summed E-state index contributed by atoms with van der Waals surface area (Å²) in [4.78, 5) is 24.2. The first-order valence-corrected chi connectivity index (χ1v) is 13.7. The van der Waals surface area contributed by atoms with Gasteiger partial charge in [0.1, 0.15) is 17.2 Å². The topological polar surface area (TPSA) is 118 Å². The van der Waals surface area contributed by atoms with E-state index in [4.69, 9.17) is 9.47 Å². The number of hydrogen-bond donors (Lipinski definition) is 3. The van der Waals surface area contributed by atoms with Crippen LogP contribution in [-0.2, 0) is 24.8 Å². The van der Waals surface area contributed by atoms with Crippen LogP contribution in [0, 0.1) is 0 Å². The van der Waals surface area contributed by atoms with E-state index in [0.29, 0.717) is 31.8 Å². The van der Waals surface area contributed by atoms with E-state index < -0.39 is 5.43 Å². The van der Waals surface area contributed by atoms with Crippen molar-refractivity contribution in [3.8, 4) is 23.0 Å². The lowest BCUT2D eigenvalue weighted by Crippen LogP contribution is -2.11. The molecular formula is C33H39NO7. The Morgan fingerprint density at radius 3 is 2.34 bits per heavy atom. The van der Waals surface area contributed by atoms with Crippen LogP contribution in [0.25, 0.3) is 6.08 Å². The van der Waals surface area contributed by atoms with E-state index in [9.17, 15) is 24.9 Å². The molecule has 0 aliphatic rings. The number of ether oxygens (including phenoxy) is 2. The number of phenolic OH excluding ortho intramolecular Hbond substituents is 2. The normalized spacial score (nSPS) is 11.1. The van der Waals surface area contributed by atoms with E-state index in [1.165, 1.54) is 30.5 Å². The van der Waals surface area contributed by atoms with Gasteiger partial charge in [-0.15, -0.1) is 0 Å². The minimum Gasteiger partial charge on any atom is -0.508 e. The quantitative estimate of drug-likeness (QED) is 0.0893. The summed E-state index contributed by atoms with van der Waals surface area (Å²) in [5.74, 6) is -0.109. The van der Waals surface area contributed by atoms with Crippen LogP contribution in [0.2, 0.25) is 0 Å². The third-order valence-electron chi connectivity index (χ3n) is 6.57. The van der Waals surface area contributed by atoms with Gasteiger partial charge in [-0.2, -0.15) is 0 Å². The molecule has 0 radical (unpaired) electrons. The molecule has 41 heavy (non-hydrogen) atoms. The molecule has 0 aliphatic carbocycles. The Bertz CT molecular complexity index is 1430. The number of allylic oxidation sites excluding steroid dienone is 3. The number of hydrogen-bond acceptors (Lipinski definition) is 7. The fraction of sp³-hybridized carbons (Fsp3) is 0.333. The number of benzene rings is 2. The van der Waals surface area contributed by atoms with Gasteiger partial charge in [0.2, 0.25) is 5.43 Å². The number of aryl methyl sites for hydroxylation is 1. The van der Waals surface area contributed by atoms with Crippen LogP contribution < -0.4 is 10.2 Å². The Kier molecular flexibility index (Phi) is 11.8. The molecule has 8 heteroatoms. The molecule has 8 nitrogen and oxygen atoms in total. The van der Waals surface area contributed by atoms with E-state index in [0.717, 1.165) is 48.3 Å². The Morgan fingerprint density at radius 1 is 0.927 bits per heavy atom. The van der Waals surface area contributed by atoms with Crippen molar-refractivity contribution in [2.24, 2.45) is 7.05 Å². The van der Waals surface area contributed by atoms with Crippen molar-refractivity contribution in [3.05, 3.63) is 99.0 Å². The fourth-order valence-electron chi connectivity index (χ4n) is 4.10. The van der Waals surface area contributed by atoms with Gasteiger partial charge in [-0.25, -0.2) is 0 Å². The zero-order valence-electron chi connectivity index (χ0n) is 23.9. The average Bonchev–Trinajstić information content (AvgIpc) is 2.93. The van der Waals surface area contributed by atoms with E-state index in [1.54, 1.807) is 17.7 Å². The molecule has 3 N–H and O–H groups in total. The van der Waals surface area contributed by atoms with Gasteiger partial charge in [-0.3, -0.25) is 9.59 Å². The van der Waals surface area contributed by atoms with Crippen LogP contribution in [0.1, 0.15) is 66.7 Å². The van der Waals surface area contributed by atoms with Crippen LogP contribution in [-0.4, -0.2) is 38.9 Å². The summed E-state index contributed by atoms with van der Waals surface area (Å²) in [6.45, 7) is 5.37. The second-order valence-electron chi connectivity index (χ2n) is 10.2. The highest BCUT2D eigenvalue weighted by Crippen LogP contribution is 2.32. The lowest BCUT2D eigenvalue weighted by atomic mass is 10.0. The van der Waals surface area contributed by atoms with Crippen LogP contribution in [0.3, 0.4) is 0 Å². The summed E-state index contributed by atoms with van der Waals surface area (Å²) in [5, 5.41) is 30.1. The molecule has 0 aliphatic heterocycles. The Labute approximate surface area is 240 Å². The first kappa shape index (κ1) is 31.2. The number of aromatic nitrogens is 1. The number of pyridine rings is 1. The van der Waals surface area contributed by atoms with E-state index in [2.05, 4.69) is 0 Å². The molecule has 0 bridgehead atoms. The van der Waals surface area contributed by atoms with Crippen LogP contribution in [0.15, 0.2) is 71.2 Å². The number of phenols is 2. The largest absolute Gasteiger partial charge is 0.508 e. The maximum atomic E-state index is 12.7. The average molecular weight is 562 g/mol. The van der Waals surface area contributed by atoms with Crippen LogP contribution >= 0.6 is 0 Å². The maximum absolute atomic E-state index is 12.7. The van der Waals surface area contributed by atoms with Gasteiger partial charge in [0.15, 0.2) is 11.5 Å². The summed E-state index contributed by atoms with van der Waals surface area (Å²) < 4.78 is 13.2. The standard InChI is InChI=1S/C33H39NO7/c1-23(2)8-14-27-30(36)17-15-28(33(27)39)29(35)16-11-24-9-12-26(13-10-24)41-19-7-5-4-6-18-40-22-25-20-31(37)32(38)21-34(25)3/h8-13,15-17,20-21,36,38-39H,4-7,14,18-19,22H2,1-3H3/b16-11+. The highest BCUT2D eigenvalue weighted by molar-refractivity contribution is 6.09. The molecule has 0 saturated carbocycles. The SMILES string of the molecule is CC(C)=CCc1c(O)ccc(C(=O)/C=C/c2ccc(OCCCCCCOCc3cc(=O)c(O)cn3C)cc2)c1O. The van der Waals surface area contributed by atoms with E-state index >= 15 is 0 Å². The summed E-state index contributed by atoms with van der Waals surface area (Å²) in [5.41, 5.74) is 2.66. The van der Waals surface area contributed by atoms with Gasteiger partial charge >= 0.3 is 0 Å². The zero-order valence-corrected chi connectivity index (χ0v) is 23.9. The van der Waals surface area contributed by atoms with Gasteiger partial charge in [-0.1, -0.05) is 36.3 Å². The molecule has 0 atom stereocenters. The number of nitrogens with zero attached hydrogens (tertiary/aromatic N) is 1. The predicted octanol–water partition coefficient (Wildman–Crippen LogP) is 6.06. The Morgan fingerprint density at radius 2 is 1.63 bits per heavy atom. The number of carbonyl (C=O) groups excluding carboxylic acids is 1. The summed E-state index contributed by atoms with van der Waals surface area (Å²) >= 11 is 0. The molecule has 218 valence electrons. The van der Waals surface area contributed by atoms with Crippen molar-refractivity contribution >= 4 is 11.9 Å². The zero-order chi connectivity index (χ0) is 29.8. The van der Waals surface area contributed by atoms with Crippen molar-refractivity contribution in [1.82, 2.24) is 4.57 Å². The predicted molar refractivity (Wildman–Crippen MR) is 160 cm³/mol. The summed E-state index contributed by atoms with van der Waals surface area (Å²) in [6.07, 6.45) is 10.5. The van der Waals surface area contributed by atoms with Crippen molar-refractivity contribution in [2.45, 2.75) is 52.6 Å². The number of carbonyl (C=O) groups is 1. The summed E-state index contributed by atoms with van der Waals surface area (Å²) in [6, 6.07) is 11.7. The van der Waals surface area contributed by atoms with E-state index in [-0.39, 0.29) is 28.6 Å². The van der Waals surface area contributed by atoms with Gasteiger partial charge in [0.25, 0.3) is 0 Å².